The fourth-order valence-corrected chi connectivity index (χ4v) is 1.46. The molecule has 0 radical (unpaired) electrons. The Morgan fingerprint density at radius 1 is 1.38 bits per heavy atom. The molecule has 1 atom stereocenters. The third-order valence-corrected chi connectivity index (χ3v) is 2.73. The predicted molar refractivity (Wildman–Crippen MR) is 68.4 cm³/mol. The van der Waals surface area contributed by atoms with Crippen LogP contribution in [0.4, 0.5) is 17.6 Å². The van der Waals surface area contributed by atoms with Gasteiger partial charge in [-0.3, -0.25) is 4.79 Å². The Kier molecular flexibility index (Phi) is 5.95. The minimum atomic E-state index is -4.49. The summed E-state index contributed by atoms with van der Waals surface area (Å²) in [6.07, 6.45) is -4.49. The van der Waals surface area contributed by atoms with Crippen LogP contribution in [-0.2, 0) is 4.79 Å². The third kappa shape index (κ3) is 5.99. The molecule has 1 rings (SSSR count). The molecule has 0 heterocycles. The highest BCUT2D eigenvalue weighted by Crippen LogP contribution is 2.21. The van der Waals surface area contributed by atoms with Crippen molar-refractivity contribution in [2.45, 2.75) is 19.1 Å². The topological polar surface area (TPSA) is 50.4 Å². The Hall–Kier alpha value is -1.83. The Morgan fingerprint density at radius 3 is 2.57 bits per heavy atom. The van der Waals surface area contributed by atoms with Gasteiger partial charge >= 0.3 is 6.18 Å². The van der Waals surface area contributed by atoms with E-state index in [1.165, 1.54) is 12.1 Å². The number of ether oxygens (including phenoxy) is 1. The smallest absolute Gasteiger partial charge is 0.405 e. The lowest BCUT2D eigenvalue weighted by Gasteiger charge is -2.13. The second-order valence-corrected chi connectivity index (χ2v) is 4.38. The molecule has 1 amide bonds. The number of hydrogen-bond acceptors (Lipinski definition) is 3. The first kappa shape index (κ1) is 17.2. The van der Waals surface area contributed by atoms with Gasteiger partial charge in [0.2, 0.25) is 0 Å². The van der Waals surface area contributed by atoms with Gasteiger partial charge < -0.3 is 15.4 Å². The number of amides is 1. The SMILES string of the molecule is CNC(C)c1ccc(OCC(=O)NCC(F)(F)F)c(F)c1. The third-order valence-electron chi connectivity index (χ3n) is 2.73. The number of hydrogen-bond donors (Lipinski definition) is 2. The highest BCUT2D eigenvalue weighted by atomic mass is 19.4. The van der Waals surface area contributed by atoms with E-state index in [0.717, 1.165) is 0 Å². The molecule has 0 saturated heterocycles. The van der Waals surface area contributed by atoms with E-state index in [1.807, 2.05) is 6.92 Å². The fraction of sp³-hybridized carbons (Fsp3) is 0.462. The Labute approximate surface area is 119 Å². The van der Waals surface area contributed by atoms with Crippen LogP contribution in [0.5, 0.6) is 5.75 Å². The van der Waals surface area contributed by atoms with Crippen LogP contribution in [0.1, 0.15) is 18.5 Å². The van der Waals surface area contributed by atoms with Gasteiger partial charge in [0.15, 0.2) is 18.2 Å². The van der Waals surface area contributed by atoms with Crippen LogP contribution in [-0.4, -0.2) is 32.3 Å². The number of nitrogens with one attached hydrogen (secondary N) is 2. The zero-order chi connectivity index (χ0) is 16.0. The maximum atomic E-state index is 13.7. The molecule has 0 aliphatic heterocycles. The van der Waals surface area contributed by atoms with E-state index in [2.05, 4.69) is 5.32 Å². The Bertz CT molecular complexity index is 492. The van der Waals surface area contributed by atoms with Crippen LogP contribution in [0.2, 0.25) is 0 Å². The summed E-state index contributed by atoms with van der Waals surface area (Å²) in [6.45, 7) is -0.301. The van der Waals surface area contributed by atoms with Gasteiger partial charge in [0.25, 0.3) is 5.91 Å². The summed E-state index contributed by atoms with van der Waals surface area (Å²) in [7, 11) is 1.72. The molecular weight excluding hydrogens is 292 g/mol. The van der Waals surface area contributed by atoms with Gasteiger partial charge in [-0.1, -0.05) is 6.07 Å². The molecule has 2 N–H and O–H groups in total. The summed E-state index contributed by atoms with van der Waals surface area (Å²) in [6, 6.07) is 4.11. The first-order valence-corrected chi connectivity index (χ1v) is 6.16. The molecule has 8 heteroatoms. The summed E-state index contributed by atoms with van der Waals surface area (Å²) in [4.78, 5) is 11.1. The van der Waals surface area contributed by atoms with Gasteiger partial charge in [-0.05, 0) is 31.7 Å². The molecule has 0 bridgehead atoms. The normalized spacial score (nSPS) is 12.9. The highest BCUT2D eigenvalue weighted by molar-refractivity contribution is 5.77. The minimum Gasteiger partial charge on any atom is -0.481 e. The number of carbonyl (C=O) groups excluding carboxylic acids is 1. The monoisotopic (exact) mass is 308 g/mol. The Morgan fingerprint density at radius 2 is 2.05 bits per heavy atom. The minimum absolute atomic E-state index is 0.0661. The lowest BCUT2D eigenvalue weighted by atomic mass is 10.1. The van der Waals surface area contributed by atoms with Crippen molar-refractivity contribution in [2.24, 2.45) is 0 Å². The molecule has 0 aliphatic carbocycles. The van der Waals surface area contributed by atoms with Gasteiger partial charge in [-0.25, -0.2) is 4.39 Å². The van der Waals surface area contributed by atoms with Crippen molar-refractivity contribution in [3.8, 4) is 5.75 Å². The van der Waals surface area contributed by atoms with Crippen molar-refractivity contribution in [3.05, 3.63) is 29.6 Å². The molecular formula is C13H16F4N2O2. The van der Waals surface area contributed by atoms with E-state index in [1.54, 1.807) is 18.4 Å². The van der Waals surface area contributed by atoms with Crippen LogP contribution >= 0.6 is 0 Å². The fourth-order valence-electron chi connectivity index (χ4n) is 1.46. The van der Waals surface area contributed by atoms with E-state index < -0.39 is 31.1 Å². The zero-order valence-electron chi connectivity index (χ0n) is 11.6. The van der Waals surface area contributed by atoms with Crippen molar-refractivity contribution < 1.29 is 27.1 Å². The summed E-state index contributed by atoms with van der Waals surface area (Å²) >= 11 is 0. The van der Waals surface area contributed by atoms with E-state index in [-0.39, 0.29) is 11.8 Å². The molecule has 1 aromatic rings. The van der Waals surface area contributed by atoms with Gasteiger partial charge in [0.1, 0.15) is 6.54 Å². The van der Waals surface area contributed by atoms with Crippen LogP contribution in [0, 0.1) is 5.82 Å². The molecule has 21 heavy (non-hydrogen) atoms. The van der Waals surface area contributed by atoms with E-state index >= 15 is 0 Å². The average Bonchev–Trinajstić information content (AvgIpc) is 2.42. The molecule has 0 fully saturated rings. The van der Waals surface area contributed by atoms with Crippen LogP contribution in [0.25, 0.3) is 0 Å². The number of rotatable bonds is 6. The molecule has 1 unspecified atom stereocenters. The van der Waals surface area contributed by atoms with Crippen LogP contribution in [0.3, 0.4) is 0 Å². The van der Waals surface area contributed by atoms with E-state index in [9.17, 15) is 22.4 Å². The number of benzene rings is 1. The van der Waals surface area contributed by atoms with Crippen LogP contribution in [0.15, 0.2) is 18.2 Å². The van der Waals surface area contributed by atoms with Crippen molar-refractivity contribution >= 4 is 5.91 Å². The van der Waals surface area contributed by atoms with Gasteiger partial charge in [-0.2, -0.15) is 13.2 Å². The van der Waals surface area contributed by atoms with Gasteiger partial charge in [0, 0.05) is 6.04 Å². The molecule has 0 saturated carbocycles. The standard InChI is InChI=1S/C13H16F4N2O2/c1-8(18-2)9-3-4-11(10(14)5-9)21-6-12(20)19-7-13(15,16)17/h3-5,8,18H,6-7H2,1-2H3,(H,19,20). The Balaban J connectivity index is 2.54. The maximum absolute atomic E-state index is 13.7. The molecule has 0 aliphatic rings. The molecule has 0 aromatic heterocycles. The maximum Gasteiger partial charge on any atom is 0.405 e. The number of alkyl halides is 3. The first-order valence-electron chi connectivity index (χ1n) is 6.16. The van der Waals surface area contributed by atoms with E-state index in [0.29, 0.717) is 5.56 Å². The van der Waals surface area contributed by atoms with Gasteiger partial charge in [-0.15, -0.1) is 0 Å². The molecule has 1 aromatic carbocycles. The van der Waals surface area contributed by atoms with Crippen molar-refractivity contribution in [2.75, 3.05) is 20.2 Å². The molecule has 118 valence electrons. The predicted octanol–water partition coefficient (Wildman–Crippen LogP) is 2.16. The molecule has 0 spiro atoms. The summed E-state index contributed by atoms with van der Waals surface area (Å²) in [5, 5.41) is 4.56. The summed E-state index contributed by atoms with van der Waals surface area (Å²) < 4.78 is 54.2. The van der Waals surface area contributed by atoms with Gasteiger partial charge in [0.05, 0.1) is 0 Å². The van der Waals surface area contributed by atoms with Crippen molar-refractivity contribution in [1.29, 1.82) is 0 Å². The second-order valence-electron chi connectivity index (χ2n) is 4.38. The molecule has 4 nitrogen and oxygen atoms in total. The lowest BCUT2D eigenvalue weighted by Crippen LogP contribution is -2.36. The zero-order valence-corrected chi connectivity index (χ0v) is 11.6. The highest BCUT2D eigenvalue weighted by Gasteiger charge is 2.27. The summed E-state index contributed by atoms with van der Waals surface area (Å²) in [5.41, 5.74) is 0.684. The average molecular weight is 308 g/mol. The first-order chi connectivity index (χ1) is 9.73. The van der Waals surface area contributed by atoms with Crippen molar-refractivity contribution in [3.63, 3.8) is 0 Å². The largest absolute Gasteiger partial charge is 0.481 e. The van der Waals surface area contributed by atoms with Crippen LogP contribution < -0.4 is 15.4 Å². The summed E-state index contributed by atoms with van der Waals surface area (Å²) in [5.74, 6) is -1.85. The lowest BCUT2D eigenvalue weighted by molar-refractivity contribution is -0.139. The van der Waals surface area contributed by atoms with Crippen molar-refractivity contribution in [1.82, 2.24) is 10.6 Å². The van der Waals surface area contributed by atoms with E-state index in [4.69, 9.17) is 4.74 Å². The number of halogens is 4. The number of carbonyl (C=O) groups is 1. The second kappa shape index (κ2) is 7.26. The quantitative estimate of drug-likeness (QED) is 0.792.